The Morgan fingerprint density at radius 1 is 1.36 bits per heavy atom. The van der Waals surface area contributed by atoms with Gasteiger partial charge in [-0.15, -0.1) is 10.2 Å². The van der Waals surface area contributed by atoms with Crippen LogP contribution in [0.15, 0.2) is 18.7 Å². The van der Waals surface area contributed by atoms with E-state index in [1.165, 1.54) is 5.56 Å². The van der Waals surface area contributed by atoms with Crippen molar-refractivity contribution >= 4 is 5.78 Å². The second-order valence-electron chi connectivity index (χ2n) is 4.74. The molecule has 2 rings (SSSR count). The minimum Gasteiger partial charge on any atom is -0.273 e. The number of fused-ring (bicyclic) bond motifs is 1. The second kappa shape index (κ2) is 3.04. The molecule has 0 fully saturated rings. The first-order valence-corrected chi connectivity index (χ1v) is 4.69. The van der Waals surface area contributed by atoms with E-state index in [-0.39, 0.29) is 5.41 Å². The van der Waals surface area contributed by atoms with Crippen molar-refractivity contribution in [2.75, 3.05) is 0 Å². The van der Waals surface area contributed by atoms with Crippen LogP contribution in [-0.2, 0) is 6.42 Å². The molecule has 4 heteroatoms. The highest BCUT2D eigenvalue weighted by molar-refractivity contribution is 5.26. The van der Waals surface area contributed by atoms with Crippen LogP contribution >= 0.6 is 0 Å². The molecule has 0 aliphatic rings. The average molecular weight is 190 g/mol. The Hall–Kier alpha value is -1.45. The van der Waals surface area contributed by atoms with Crippen LogP contribution < -0.4 is 0 Å². The summed E-state index contributed by atoms with van der Waals surface area (Å²) in [6, 6.07) is 0. The normalized spacial score (nSPS) is 12.2. The smallest absolute Gasteiger partial charge is 0.254 e. The zero-order valence-electron chi connectivity index (χ0n) is 8.73. The number of rotatable bonds is 1. The highest BCUT2D eigenvalue weighted by Crippen LogP contribution is 2.19. The van der Waals surface area contributed by atoms with Gasteiger partial charge in [0.25, 0.3) is 5.78 Å². The van der Waals surface area contributed by atoms with Crippen LogP contribution in [0, 0.1) is 5.41 Å². The molecule has 2 aromatic heterocycles. The quantitative estimate of drug-likeness (QED) is 0.687. The molecule has 0 atom stereocenters. The maximum absolute atomic E-state index is 4.21. The molecular formula is C10H14N4. The van der Waals surface area contributed by atoms with E-state index >= 15 is 0 Å². The number of nitrogens with zero attached hydrogens (tertiary/aromatic N) is 4. The Kier molecular flexibility index (Phi) is 1.98. The van der Waals surface area contributed by atoms with Crippen molar-refractivity contribution in [1.82, 2.24) is 19.6 Å². The van der Waals surface area contributed by atoms with Crippen LogP contribution in [0.4, 0.5) is 0 Å². The van der Waals surface area contributed by atoms with Gasteiger partial charge in [0.1, 0.15) is 6.33 Å². The predicted molar refractivity (Wildman–Crippen MR) is 53.9 cm³/mol. The zero-order valence-corrected chi connectivity index (χ0v) is 8.73. The van der Waals surface area contributed by atoms with Gasteiger partial charge < -0.3 is 0 Å². The minimum atomic E-state index is 0.281. The lowest BCUT2D eigenvalue weighted by Gasteiger charge is -2.17. The summed E-state index contributed by atoms with van der Waals surface area (Å²) in [5, 5.41) is 7.65. The molecule has 0 unspecified atom stereocenters. The molecule has 14 heavy (non-hydrogen) atoms. The summed E-state index contributed by atoms with van der Waals surface area (Å²) in [6.45, 7) is 6.63. The van der Waals surface area contributed by atoms with E-state index in [4.69, 9.17) is 0 Å². The Bertz CT molecular complexity index is 439. The van der Waals surface area contributed by atoms with E-state index < -0.39 is 0 Å². The highest BCUT2D eigenvalue weighted by atomic mass is 15.3. The van der Waals surface area contributed by atoms with E-state index in [2.05, 4.69) is 36.0 Å². The van der Waals surface area contributed by atoms with Gasteiger partial charge in [0, 0.05) is 12.4 Å². The summed E-state index contributed by atoms with van der Waals surface area (Å²) in [4.78, 5) is 4.21. The number of aromatic nitrogens is 4. The lowest BCUT2D eigenvalue weighted by atomic mass is 9.89. The van der Waals surface area contributed by atoms with E-state index in [9.17, 15) is 0 Å². The fraction of sp³-hybridized carbons (Fsp3) is 0.500. The maximum atomic E-state index is 4.21. The van der Waals surface area contributed by atoms with Crippen molar-refractivity contribution in [3.05, 3.63) is 24.3 Å². The SMILES string of the molecule is CC(C)(C)Cc1cnc2nncn2c1. The molecule has 0 amide bonds. The van der Waals surface area contributed by atoms with Gasteiger partial charge in [-0.3, -0.25) is 4.40 Å². The average Bonchev–Trinajstić information content (AvgIpc) is 2.47. The first-order valence-electron chi connectivity index (χ1n) is 4.69. The lowest BCUT2D eigenvalue weighted by Crippen LogP contribution is -2.10. The molecule has 0 radical (unpaired) electrons. The van der Waals surface area contributed by atoms with E-state index in [1.807, 2.05) is 16.8 Å². The Morgan fingerprint density at radius 2 is 2.14 bits per heavy atom. The number of hydrogen-bond acceptors (Lipinski definition) is 3. The van der Waals surface area contributed by atoms with E-state index in [0.717, 1.165) is 6.42 Å². The third-order valence-electron chi connectivity index (χ3n) is 1.94. The van der Waals surface area contributed by atoms with Gasteiger partial charge in [-0.1, -0.05) is 20.8 Å². The summed E-state index contributed by atoms with van der Waals surface area (Å²) in [7, 11) is 0. The van der Waals surface area contributed by atoms with Crippen LogP contribution in [0.3, 0.4) is 0 Å². The largest absolute Gasteiger partial charge is 0.273 e. The summed E-state index contributed by atoms with van der Waals surface area (Å²) < 4.78 is 1.85. The van der Waals surface area contributed by atoms with Crippen LogP contribution in [0.5, 0.6) is 0 Å². The molecule has 0 saturated carbocycles. The standard InChI is InChI=1S/C10H14N4/c1-10(2,3)4-8-5-11-9-13-12-7-14(9)6-8/h5-7H,4H2,1-3H3. The zero-order chi connectivity index (χ0) is 10.2. The van der Waals surface area contributed by atoms with Crippen LogP contribution in [-0.4, -0.2) is 19.6 Å². The van der Waals surface area contributed by atoms with Crippen molar-refractivity contribution < 1.29 is 0 Å². The molecule has 0 aliphatic heterocycles. The third-order valence-corrected chi connectivity index (χ3v) is 1.94. The molecule has 2 aromatic rings. The molecule has 0 spiro atoms. The van der Waals surface area contributed by atoms with Gasteiger partial charge in [0.15, 0.2) is 0 Å². The van der Waals surface area contributed by atoms with Crippen molar-refractivity contribution in [3.63, 3.8) is 0 Å². The molecule has 0 saturated heterocycles. The monoisotopic (exact) mass is 190 g/mol. The molecule has 0 aliphatic carbocycles. The Balaban J connectivity index is 2.35. The molecule has 4 nitrogen and oxygen atoms in total. The van der Waals surface area contributed by atoms with Gasteiger partial charge in [0.2, 0.25) is 0 Å². The van der Waals surface area contributed by atoms with Crippen LogP contribution in [0.25, 0.3) is 5.78 Å². The first kappa shape index (κ1) is 9.12. The van der Waals surface area contributed by atoms with Gasteiger partial charge in [-0.2, -0.15) is 0 Å². The van der Waals surface area contributed by atoms with Crippen molar-refractivity contribution in [3.8, 4) is 0 Å². The van der Waals surface area contributed by atoms with Gasteiger partial charge in [-0.25, -0.2) is 4.98 Å². The highest BCUT2D eigenvalue weighted by Gasteiger charge is 2.11. The number of hydrogen-bond donors (Lipinski definition) is 0. The summed E-state index contributed by atoms with van der Waals surface area (Å²) >= 11 is 0. The van der Waals surface area contributed by atoms with Crippen molar-refractivity contribution in [1.29, 1.82) is 0 Å². The fourth-order valence-corrected chi connectivity index (χ4v) is 1.48. The molecule has 74 valence electrons. The van der Waals surface area contributed by atoms with Gasteiger partial charge in [-0.05, 0) is 17.4 Å². The minimum absolute atomic E-state index is 0.281. The van der Waals surface area contributed by atoms with Crippen LogP contribution in [0.1, 0.15) is 26.3 Å². The molecule has 2 heterocycles. The molecule has 0 N–H and O–H groups in total. The second-order valence-corrected chi connectivity index (χ2v) is 4.74. The first-order chi connectivity index (χ1) is 6.54. The van der Waals surface area contributed by atoms with Gasteiger partial charge in [0.05, 0.1) is 0 Å². The molecular weight excluding hydrogens is 176 g/mol. The third kappa shape index (κ3) is 1.89. The fourth-order valence-electron chi connectivity index (χ4n) is 1.48. The topological polar surface area (TPSA) is 43.1 Å². The summed E-state index contributed by atoms with van der Waals surface area (Å²) in [6.07, 6.45) is 6.59. The molecule has 0 aromatic carbocycles. The Labute approximate surface area is 83.0 Å². The van der Waals surface area contributed by atoms with Crippen molar-refractivity contribution in [2.24, 2.45) is 5.41 Å². The Morgan fingerprint density at radius 3 is 2.86 bits per heavy atom. The van der Waals surface area contributed by atoms with Gasteiger partial charge >= 0.3 is 0 Å². The lowest BCUT2D eigenvalue weighted by molar-refractivity contribution is 0.410. The predicted octanol–water partition coefficient (Wildman–Crippen LogP) is 1.71. The summed E-state index contributed by atoms with van der Waals surface area (Å²) in [5.74, 6) is 0.655. The van der Waals surface area contributed by atoms with E-state index in [0.29, 0.717) is 5.78 Å². The maximum Gasteiger partial charge on any atom is 0.254 e. The molecule has 0 bridgehead atoms. The van der Waals surface area contributed by atoms with Crippen molar-refractivity contribution in [2.45, 2.75) is 27.2 Å². The summed E-state index contributed by atoms with van der Waals surface area (Å²) in [5.41, 5.74) is 1.49. The van der Waals surface area contributed by atoms with E-state index in [1.54, 1.807) is 6.33 Å². The van der Waals surface area contributed by atoms with Crippen LogP contribution in [0.2, 0.25) is 0 Å².